The molecule has 0 bridgehead atoms. The van der Waals surface area contributed by atoms with Crippen LogP contribution >= 0.6 is 11.3 Å². The molecule has 10 heteroatoms. The number of benzene rings is 2. The Hall–Kier alpha value is -4.05. The summed E-state index contributed by atoms with van der Waals surface area (Å²) in [5, 5.41) is 27.1. The van der Waals surface area contributed by atoms with Crippen LogP contribution in [0.1, 0.15) is 28.4 Å². The van der Waals surface area contributed by atoms with Crippen LogP contribution in [0.5, 0.6) is 23.0 Å². The fraction of sp³-hybridized carbons (Fsp3) is 0.208. The second-order valence-electron chi connectivity index (χ2n) is 7.54. The number of Topliss-reactive ketones (excluding diaryl/α,β-unsaturated/α-hetero) is 1. The standard InChI is InChI=1S/C24H23N3O6S/c1-27-16-7-5-4-6-14(16)21(29)20(23(27)31)17(28)12-15(26-24-25-8-9-34-24)13-10-18(32-2)22(30)19(11-13)33-3/h4-11,15,29-30H,12H2,1-3H3,(H,25,26). The van der Waals surface area contributed by atoms with Gasteiger partial charge in [0.1, 0.15) is 11.3 Å². The highest BCUT2D eigenvalue weighted by Gasteiger charge is 2.26. The first-order valence-electron chi connectivity index (χ1n) is 10.3. The zero-order valence-electron chi connectivity index (χ0n) is 18.7. The topological polar surface area (TPSA) is 123 Å². The summed E-state index contributed by atoms with van der Waals surface area (Å²) < 4.78 is 11.9. The molecule has 4 rings (SSSR count). The maximum Gasteiger partial charge on any atom is 0.265 e. The quantitative estimate of drug-likeness (QED) is 0.324. The molecule has 4 aromatic rings. The zero-order chi connectivity index (χ0) is 24.4. The normalized spacial score (nSPS) is 11.9. The summed E-state index contributed by atoms with van der Waals surface area (Å²) in [4.78, 5) is 30.7. The number of rotatable bonds is 8. The maximum atomic E-state index is 13.4. The number of aromatic nitrogens is 2. The maximum absolute atomic E-state index is 13.4. The predicted molar refractivity (Wildman–Crippen MR) is 129 cm³/mol. The largest absolute Gasteiger partial charge is 0.506 e. The summed E-state index contributed by atoms with van der Waals surface area (Å²) in [5.41, 5.74) is 0.207. The Labute approximate surface area is 198 Å². The summed E-state index contributed by atoms with van der Waals surface area (Å²) in [6.07, 6.45) is 1.44. The van der Waals surface area contributed by atoms with E-state index in [4.69, 9.17) is 9.47 Å². The molecule has 1 atom stereocenters. The first-order chi connectivity index (χ1) is 16.3. The van der Waals surface area contributed by atoms with Crippen LogP contribution in [0.15, 0.2) is 52.8 Å². The molecule has 0 saturated carbocycles. The van der Waals surface area contributed by atoms with Crippen molar-refractivity contribution in [1.29, 1.82) is 0 Å². The number of fused-ring (bicyclic) bond motifs is 1. The Balaban J connectivity index is 1.79. The number of thiazole rings is 1. The number of methoxy groups -OCH3 is 2. The Morgan fingerprint density at radius 3 is 2.44 bits per heavy atom. The fourth-order valence-electron chi connectivity index (χ4n) is 3.83. The smallest absolute Gasteiger partial charge is 0.265 e. The number of pyridine rings is 1. The molecule has 34 heavy (non-hydrogen) atoms. The minimum absolute atomic E-state index is 0.164. The van der Waals surface area contributed by atoms with Crippen LogP contribution < -0.4 is 20.3 Å². The highest BCUT2D eigenvalue weighted by molar-refractivity contribution is 7.13. The van der Waals surface area contributed by atoms with Gasteiger partial charge in [-0.25, -0.2) is 4.98 Å². The molecular formula is C24H23N3O6S. The van der Waals surface area contributed by atoms with Crippen LogP contribution in [0.2, 0.25) is 0 Å². The molecule has 0 aliphatic carbocycles. The lowest BCUT2D eigenvalue weighted by Gasteiger charge is -2.21. The molecule has 9 nitrogen and oxygen atoms in total. The molecule has 2 aromatic heterocycles. The monoisotopic (exact) mass is 481 g/mol. The van der Waals surface area contributed by atoms with Gasteiger partial charge in [-0.2, -0.15) is 0 Å². The van der Waals surface area contributed by atoms with Crippen molar-refractivity contribution in [2.75, 3.05) is 19.5 Å². The van der Waals surface area contributed by atoms with Gasteiger partial charge in [-0.15, -0.1) is 11.3 Å². The van der Waals surface area contributed by atoms with E-state index in [2.05, 4.69) is 10.3 Å². The number of phenolic OH excluding ortho intramolecular Hbond substituents is 1. The van der Waals surface area contributed by atoms with Crippen molar-refractivity contribution in [2.45, 2.75) is 12.5 Å². The van der Waals surface area contributed by atoms with Crippen LogP contribution in [0.4, 0.5) is 5.13 Å². The van der Waals surface area contributed by atoms with Gasteiger partial charge in [-0.05, 0) is 29.8 Å². The highest BCUT2D eigenvalue weighted by Crippen LogP contribution is 2.40. The summed E-state index contributed by atoms with van der Waals surface area (Å²) in [6.45, 7) is 0. The molecule has 0 amide bonds. The van der Waals surface area contributed by atoms with Crippen LogP contribution in [0.25, 0.3) is 10.9 Å². The lowest BCUT2D eigenvalue weighted by Crippen LogP contribution is -2.26. The molecule has 0 radical (unpaired) electrons. The Morgan fingerprint density at radius 2 is 1.82 bits per heavy atom. The second-order valence-corrected chi connectivity index (χ2v) is 8.44. The Kier molecular flexibility index (Phi) is 6.42. The van der Waals surface area contributed by atoms with Crippen LogP contribution in [0, 0.1) is 0 Å². The third kappa shape index (κ3) is 4.15. The lowest BCUT2D eigenvalue weighted by atomic mass is 9.96. The number of nitrogens with zero attached hydrogens (tertiary/aromatic N) is 2. The number of hydrogen-bond acceptors (Lipinski definition) is 9. The minimum Gasteiger partial charge on any atom is -0.506 e. The molecular weight excluding hydrogens is 458 g/mol. The molecule has 0 saturated heterocycles. The van der Waals surface area contributed by atoms with Crippen molar-refractivity contribution in [1.82, 2.24) is 9.55 Å². The van der Waals surface area contributed by atoms with Gasteiger partial charge in [0.15, 0.2) is 22.4 Å². The summed E-state index contributed by atoms with van der Waals surface area (Å²) >= 11 is 1.34. The number of carbonyl (C=O) groups excluding carboxylic acids is 1. The number of anilines is 1. The van der Waals surface area contributed by atoms with E-state index in [1.807, 2.05) is 0 Å². The third-order valence-electron chi connectivity index (χ3n) is 5.58. The van der Waals surface area contributed by atoms with Gasteiger partial charge in [0.2, 0.25) is 5.75 Å². The van der Waals surface area contributed by atoms with E-state index in [0.29, 0.717) is 21.6 Å². The molecule has 176 valence electrons. The number of para-hydroxylation sites is 1. The predicted octanol–water partition coefficient (Wildman–Crippen LogP) is 3.85. The second kappa shape index (κ2) is 9.44. The molecule has 2 aromatic carbocycles. The molecule has 0 fully saturated rings. The lowest BCUT2D eigenvalue weighted by molar-refractivity contribution is 0.0972. The van der Waals surface area contributed by atoms with E-state index in [-0.39, 0.29) is 35.0 Å². The first-order valence-corrected chi connectivity index (χ1v) is 11.2. The first kappa shape index (κ1) is 23.1. The number of aromatic hydroxyl groups is 2. The Morgan fingerprint density at radius 1 is 1.15 bits per heavy atom. The molecule has 2 heterocycles. The van der Waals surface area contributed by atoms with Gasteiger partial charge in [-0.3, -0.25) is 9.59 Å². The van der Waals surface area contributed by atoms with Crippen LogP contribution in [-0.4, -0.2) is 39.8 Å². The average molecular weight is 482 g/mol. The van der Waals surface area contributed by atoms with Crippen molar-refractivity contribution in [2.24, 2.45) is 7.05 Å². The van der Waals surface area contributed by atoms with E-state index in [1.165, 1.54) is 30.1 Å². The molecule has 3 N–H and O–H groups in total. The third-order valence-corrected chi connectivity index (χ3v) is 6.28. The molecule has 1 unspecified atom stereocenters. The fourth-order valence-corrected chi connectivity index (χ4v) is 4.41. The van der Waals surface area contributed by atoms with Gasteiger partial charge in [0.05, 0.1) is 25.8 Å². The number of carbonyl (C=O) groups is 1. The highest BCUT2D eigenvalue weighted by atomic mass is 32.1. The van der Waals surface area contributed by atoms with Crippen molar-refractivity contribution < 1.29 is 24.5 Å². The van der Waals surface area contributed by atoms with E-state index < -0.39 is 17.4 Å². The number of phenols is 1. The number of hydrogen-bond donors (Lipinski definition) is 3. The van der Waals surface area contributed by atoms with Gasteiger partial charge >= 0.3 is 0 Å². The summed E-state index contributed by atoms with van der Waals surface area (Å²) in [6, 6.07) is 9.32. The van der Waals surface area contributed by atoms with Gasteiger partial charge in [0, 0.05) is 30.4 Å². The van der Waals surface area contributed by atoms with E-state index in [0.717, 1.165) is 0 Å². The van der Waals surface area contributed by atoms with E-state index in [1.54, 1.807) is 55.0 Å². The van der Waals surface area contributed by atoms with Crippen LogP contribution in [0.3, 0.4) is 0 Å². The van der Waals surface area contributed by atoms with Crippen molar-refractivity contribution in [3.05, 3.63) is 69.5 Å². The molecule has 0 spiro atoms. The number of ketones is 1. The van der Waals surface area contributed by atoms with Crippen molar-refractivity contribution in [3.63, 3.8) is 0 Å². The van der Waals surface area contributed by atoms with Gasteiger partial charge in [-0.1, -0.05) is 12.1 Å². The number of nitrogens with one attached hydrogen (secondary N) is 1. The molecule has 0 aliphatic heterocycles. The van der Waals surface area contributed by atoms with Gasteiger partial charge in [0.25, 0.3) is 5.56 Å². The number of ether oxygens (including phenoxy) is 2. The zero-order valence-corrected chi connectivity index (χ0v) is 19.5. The molecule has 0 aliphatic rings. The van der Waals surface area contributed by atoms with Crippen molar-refractivity contribution in [3.8, 4) is 23.0 Å². The minimum atomic E-state index is -0.669. The van der Waals surface area contributed by atoms with E-state index >= 15 is 0 Å². The average Bonchev–Trinajstić information content (AvgIpc) is 3.35. The summed E-state index contributed by atoms with van der Waals surface area (Å²) in [7, 11) is 4.37. The SMILES string of the molecule is COc1cc(C(CC(=O)c2c(O)c3ccccc3n(C)c2=O)Nc2nccs2)cc(OC)c1O. The summed E-state index contributed by atoms with van der Waals surface area (Å²) in [5.74, 6) is -0.745. The van der Waals surface area contributed by atoms with Crippen LogP contribution in [-0.2, 0) is 7.05 Å². The number of aryl methyl sites for hydroxylation is 1. The van der Waals surface area contributed by atoms with E-state index in [9.17, 15) is 19.8 Å². The Bertz CT molecular complexity index is 1390. The van der Waals surface area contributed by atoms with Gasteiger partial charge < -0.3 is 29.6 Å². The van der Waals surface area contributed by atoms with Crippen molar-refractivity contribution >= 4 is 33.2 Å².